The van der Waals surface area contributed by atoms with E-state index in [9.17, 15) is 4.79 Å². The lowest BCUT2D eigenvalue weighted by Gasteiger charge is -2.07. The highest BCUT2D eigenvalue weighted by Gasteiger charge is 2.10. The van der Waals surface area contributed by atoms with Crippen LogP contribution in [0.15, 0.2) is 51.4 Å². The number of carbonyl (C=O) groups excluding carboxylic acids is 1. The highest BCUT2D eigenvalue weighted by atomic mass is 79.9. The zero-order valence-electron chi connectivity index (χ0n) is 9.08. The smallest absolute Gasteiger partial charge is 0.256 e. The maximum absolute atomic E-state index is 12.0. The van der Waals surface area contributed by atoms with Crippen LogP contribution in [0.2, 0.25) is 5.02 Å². The quantitative estimate of drug-likeness (QED) is 0.759. The molecule has 18 heavy (non-hydrogen) atoms. The van der Waals surface area contributed by atoms with Crippen LogP contribution in [0, 0.1) is 0 Å². The molecule has 0 fully saturated rings. The molecule has 0 aromatic heterocycles. The summed E-state index contributed by atoms with van der Waals surface area (Å²) in [5.74, 6) is -0.180. The summed E-state index contributed by atoms with van der Waals surface area (Å²) >= 11 is 12.5. The standard InChI is InChI=1S/C13H8Br2ClNO/c14-8-1-4-10(5-2-8)17-13(18)11-6-3-9(16)7-12(11)15/h1-7H,(H,17,18). The average molecular weight is 389 g/mol. The van der Waals surface area contributed by atoms with Crippen LogP contribution in [-0.2, 0) is 0 Å². The molecule has 0 aliphatic rings. The van der Waals surface area contributed by atoms with E-state index in [-0.39, 0.29) is 5.91 Å². The summed E-state index contributed by atoms with van der Waals surface area (Å²) in [6.07, 6.45) is 0. The average Bonchev–Trinajstić information content (AvgIpc) is 2.32. The Labute approximate surface area is 127 Å². The number of hydrogen-bond donors (Lipinski definition) is 1. The number of nitrogens with one attached hydrogen (secondary N) is 1. The topological polar surface area (TPSA) is 29.1 Å². The Balaban J connectivity index is 2.19. The molecule has 0 heterocycles. The van der Waals surface area contributed by atoms with Crippen LogP contribution >= 0.6 is 43.5 Å². The highest BCUT2D eigenvalue weighted by molar-refractivity contribution is 9.10. The molecule has 2 rings (SSSR count). The van der Waals surface area contributed by atoms with E-state index in [1.54, 1.807) is 18.2 Å². The molecule has 0 unspecified atom stereocenters. The second-order valence-electron chi connectivity index (χ2n) is 3.59. The predicted octanol–water partition coefficient (Wildman–Crippen LogP) is 5.12. The lowest BCUT2D eigenvalue weighted by molar-refractivity contribution is 0.102. The second kappa shape index (κ2) is 5.87. The van der Waals surface area contributed by atoms with Crippen molar-refractivity contribution in [2.24, 2.45) is 0 Å². The summed E-state index contributed by atoms with van der Waals surface area (Å²) in [7, 11) is 0. The van der Waals surface area contributed by atoms with Crippen LogP contribution in [0.1, 0.15) is 10.4 Å². The van der Waals surface area contributed by atoms with Crippen LogP contribution in [0.25, 0.3) is 0 Å². The monoisotopic (exact) mass is 387 g/mol. The van der Waals surface area contributed by atoms with Crippen LogP contribution in [0.4, 0.5) is 5.69 Å². The Morgan fingerprint density at radius 1 is 1.06 bits per heavy atom. The van der Waals surface area contributed by atoms with E-state index in [1.165, 1.54) is 0 Å². The first-order valence-corrected chi connectivity index (χ1v) is 7.04. The van der Waals surface area contributed by atoms with E-state index in [4.69, 9.17) is 11.6 Å². The summed E-state index contributed by atoms with van der Waals surface area (Å²) in [4.78, 5) is 12.0. The van der Waals surface area contributed by atoms with E-state index in [2.05, 4.69) is 37.2 Å². The summed E-state index contributed by atoms with van der Waals surface area (Å²) in [6.45, 7) is 0. The van der Waals surface area contributed by atoms with Gasteiger partial charge in [-0.15, -0.1) is 0 Å². The second-order valence-corrected chi connectivity index (χ2v) is 5.79. The maximum Gasteiger partial charge on any atom is 0.256 e. The molecule has 2 nitrogen and oxygen atoms in total. The molecule has 1 amide bonds. The molecule has 5 heteroatoms. The molecule has 0 aliphatic carbocycles. The van der Waals surface area contributed by atoms with Crippen LogP contribution < -0.4 is 5.32 Å². The SMILES string of the molecule is O=C(Nc1ccc(Br)cc1)c1ccc(Cl)cc1Br. The Morgan fingerprint density at radius 3 is 2.33 bits per heavy atom. The molecule has 2 aromatic rings. The number of benzene rings is 2. The van der Waals surface area contributed by atoms with Crippen LogP contribution in [0.5, 0.6) is 0 Å². The minimum Gasteiger partial charge on any atom is -0.322 e. The Kier molecular flexibility index (Phi) is 4.43. The molecule has 0 saturated carbocycles. The molecular weight excluding hydrogens is 381 g/mol. The van der Waals surface area contributed by atoms with Gasteiger partial charge < -0.3 is 5.32 Å². The molecular formula is C13H8Br2ClNO. The van der Waals surface area contributed by atoms with Gasteiger partial charge in [-0.3, -0.25) is 4.79 Å². The van der Waals surface area contributed by atoms with Gasteiger partial charge in [0.2, 0.25) is 0 Å². The molecule has 0 saturated heterocycles. The van der Waals surface area contributed by atoms with Gasteiger partial charge in [0.1, 0.15) is 0 Å². The molecule has 92 valence electrons. The van der Waals surface area contributed by atoms with Gasteiger partial charge >= 0.3 is 0 Å². The first-order chi connectivity index (χ1) is 8.56. The fourth-order valence-electron chi connectivity index (χ4n) is 1.41. The first kappa shape index (κ1) is 13.6. The van der Waals surface area contributed by atoms with Crippen molar-refractivity contribution < 1.29 is 4.79 Å². The zero-order chi connectivity index (χ0) is 13.1. The maximum atomic E-state index is 12.0. The Morgan fingerprint density at radius 2 is 1.72 bits per heavy atom. The Hall–Kier alpha value is -0.840. The molecule has 2 aromatic carbocycles. The third kappa shape index (κ3) is 3.34. The lowest BCUT2D eigenvalue weighted by Crippen LogP contribution is -2.12. The molecule has 0 bridgehead atoms. The molecule has 0 atom stereocenters. The van der Waals surface area contributed by atoms with Gasteiger partial charge in [0.05, 0.1) is 5.56 Å². The summed E-state index contributed by atoms with van der Waals surface area (Å²) < 4.78 is 1.64. The molecule has 0 aliphatic heterocycles. The summed E-state index contributed by atoms with van der Waals surface area (Å²) in [5.41, 5.74) is 1.28. The molecule has 1 N–H and O–H groups in total. The predicted molar refractivity (Wildman–Crippen MR) is 81.2 cm³/mol. The Bertz CT molecular complexity index is 584. The summed E-state index contributed by atoms with van der Waals surface area (Å²) in [5, 5.41) is 3.40. The van der Waals surface area contributed by atoms with E-state index >= 15 is 0 Å². The van der Waals surface area contributed by atoms with Crippen molar-refractivity contribution >= 4 is 55.1 Å². The van der Waals surface area contributed by atoms with Gasteiger partial charge in [0.15, 0.2) is 0 Å². The van der Waals surface area contributed by atoms with E-state index < -0.39 is 0 Å². The third-order valence-corrected chi connectivity index (χ3v) is 3.70. The number of carbonyl (C=O) groups is 1. The number of hydrogen-bond acceptors (Lipinski definition) is 1. The normalized spacial score (nSPS) is 10.2. The van der Waals surface area contributed by atoms with Crippen molar-refractivity contribution in [2.75, 3.05) is 5.32 Å². The van der Waals surface area contributed by atoms with Gasteiger partial charge in [-0.25, -0.2) is 0 Å². The van der Waals surface area contributed by atoms with Crippen molar-refractivity contribution in [3.63, 3.8) is 0 Å². The molecule has 0 spiro atoms. The minimum atomic E-state index is -0.180. The highest BCUT2D eigenvalue weighted by Crippen LogP contribution is 2.23. The van der Waals surface area contributed by atoms with Gasteiger partial charge in [-0.05, 0) is 58.4 Å². The van der Waals surface area contributed by atoms with Crippen molar-refractivity contribution in [3.8, 4) is 0 Å². The number of amides is 1. The van der Waals surface area contributed by atoms with Gasteiger partial charge in [-0.1, -0.05) is 27.5 Å². The minimum absolute atomic E-state index is 0.180. The van der Waals surface area contributed by atoms with Crippen molar-refractivity contribution in [1.29, 1.82) is 0 Å². The van der Waals surface area contributed by atoms with Crippen molar-refractivity contribution in [1.82, 2.24) is 0 Å². The van der Waals surface area contributed by atoms with Gasteiger partial charge in [0.25, 0.3) is 5.91 Å². The fourth-order valence-corrected chi connectivity index (χ4v) is 2.53. The first-order valence-electron chi connectivity index (χ1n) is 5.08. The van der Waals surface area contributed by atoms with Crippen LogP contribution in [0.3, 0.4) is 0 Å². The number of rotatable bonds is 2. The number of anilines is 1. The van der Waals surface area contributed by atoms with Crippen LogP contribution in [-0.4, -0.2) is 5.91 Å². The largest absolute Gasteiger partial charge is 0.322 e. The van der Waals surface area contributed by atoms with E-state index in [0.29, 0.717) is 15.1 Å². The lowest BCUT2D eigenvalue weighted by atomic mass is 10.2. The summed E-state index contributed by atoms with van der Waals surface area (Å²) in [6, 6.07) is 12.4. The van der Waals surface area contributed by atoms with Gasteiger partial charge in [-0.2, -0.15) is 0 Å². The molecule has 0 radical (unpaired) electrons. The van der Waals surface area contributed by atoms with E-state index in [0.717, 1.165) is 10.2 Å². The van der Waals surface area contributed by atoms with Gasteiger partial charge in [0, 0.05) is 19.7 Å². The van der Waals surface area contributed by atoms with Crippen molar-refractivity contribution in [3.05, 3.63) is 62.0 Å². The zero-order valence-corrected chi connectivity index (χ0v) is 13.0. The van der Waals surface area contributed by atoms with Crippen molar-refractivity contribution in [2.45, 2.75) is 0 Å². The number of halogens is 3. The fraction of sp³-hybridized carbons (Fsp3) is 0. The third-order valence-electron chi connectivity index (χ3n) is 2.28. The van der Waals surface area contributed by atoms with E-state index in [1.807, 2.05) is 24.3 Å².